The molecular weight excluding hydrogens is 344 g/mol. The van der Waals surface area contributed by atoms with E-state index in [-0.39, 0.29) is 19.1 Å². The summed E-state index contributed by atoms with van der Waals surface area (Å²) >= 11 is 0. The van der Waals surface area contributed by atoms with Crippen LogP contribution in [0.1, 0.15) is 46.8 Å². The highest BCUT2D eigenvalue weighted by atomic mass is 16.5. The molecule has 142 valence electrons. The first-order valence-electron chi connectivity index (χ1n) is 9.36. The van der Waals surface area contributed by atoms with Gasteiger partial charge in [0.1, 0.15) is 5.41 Å². The number of carbonyl (C=O) groups excluding carboxylic acids is 1. The minimum atomic E-state index is -1.03. The second kappa shape index (κ2) is 6.60. The van der Waals surface area contributed by atoms with Crippen LogP contribution < -0.4 is 0 Å². The third-order valence-electron chi connectivity index (χ3n) is 5.73. The van der Waals surface area contributed by atoms with Gasteiger partial charge in [0.2, 0.25) is 0 Å². The predicted molar refractivity (Wildman–Crippen MR) is 101 cm³/mol. The third-order valence-corrected chi connectivity index (χ3v) is 5.73. The molecule has 1 aliphatic heterocycles. The number of aromatic nitrogens is 1. The molecule has 1 aliphatic carbocycles. The largest absolute Gasteiger partial charge is 0.481 e. The van der Waals surface area contributed by atoms with E-state index in [0.29, 0.717) is 24.4 Å². The van der Waals surface area contributed by atoms with Crippen molar-refractivity contribution in [3.63, 3.8) is 0 Å². The highest BCUT2D eigenvalue weighted by Crippen LogP contribution is 2.41. The van der Waals surface area contributed by atoms with Gasteiger partial charge in [-0.3, -0.25) is 14.6 Å². The number of aliphatic carboxylic acids is 1. The number of nitrogens with zero attached hydrogens (tertiary/aromatic N) is 2. The number of carboxylic acids is 1. The molecule has 1 N–H and O–H groups in total. The molecule has 1 saturated carbocycles. The smallest absolute Gasteiger partial charge is 0.313 e. The molecule has 1 unspecified atom stereocenters. The van der Waals surface area contributed by atoms with Crippen LogP contribution in [-0.4, -0.2) is 53.7 Å². The van der Waals surface area contributed by atoms with E-state index in [1.807, 2.05) is 31.2 Å². The van der Waals surface area contributed by atoms with E-state index in [4.69, 9.17) is 9.72 Å². The maximum absolute atomic E-state index is 13.3. The first-order chi connectivity index (χ1) is 12.9. The summed E-state index contributed by atoms with van der Waals surface area (Å²) in [4.78, 5) is 31.5. The van der Waals surface area contributed by atoms with Crippen LogP contribution in [0.3, 0.4) is 0 Å². The summed E-state index contributed by atoms with van der Waals surface area (Å²) in [6, 6.07) is 7.87. The molecule has 1 aromatic carbocycles. The molecule has 1 amide bonds. The van der Waals surface area contributed by atoms with Crippen molar-refractivity contribution in [2.24, 2.45) is 5.41 Å². The van der Waals surface area contributed by atoms with Crippen LogP contribution in [0, 0.1) is 12.3 Å². The normalized spacial score (nSPS) is 22.4. The van der Waals surface area contributed by atoms with Crippen LogP contribution in [-0.2, 0) is 9.53 Å². The zero-order chi connectivity index (χ0) is 19.2. The van der Waals surface area contributed by atoms with Crippen molar-refractivity contribution >= 4 is 22.8 Å². The number of carbonyl (C=O) groups is 2. The Morgan fingerprint density at radius 1 is 1.33 bits per heavy atom. The lowest BCUT2D eigenvalue weighted by Gasteiger charge is -2.24. The molecule has 0 spiro atoms. The summed E-state index contributed by atoms with van der Waals surface area (Å²) in [5.41, 5.74) is 2.47. The standard InChI is InChI=1S/C21H24N2O4/c1-13-3-6-17-15(9-13)16(10-18(22-17)14-4-5-14)19(24)23-8-7-21(11-23,12-27-2)20(25)26/h3,6,9-10,14H,4-5,7-8,11-12H2,1-2H3,(H,25,26). The van der Waals surface area contributed by atoms with Gasteiger partial charge in [0, 0.05) is 37.2 Å². The van der Waals surface area contributed by atoms with Crippen molar-refractivity contribution in [2.45, 2.75) is 32.1 Å². The number of pyridine rings is 1. The Morgan fingerprint density at radius 3 is 2.78 bits per heavy atom. The zero-order valence-corrected chi connectivity index (χ0v) is 15.7. The molecule has 1 atom stereocenters. The van der Waals surface area contributed by atoms with Crippen LogP contribution in [0.2, 0.25) is 0 Å². The molecular formula is C21H24N2O4. The molecule has 4 rings (SSSR count). The number of likely N-dealkylation sites (tertiary alicyclic amines) is 1. The highest BCUT2D eigenvalue weighted by Gasteiger charge is 2.46. The average Bonchev–Trinajstić information content (AvgIpc) is 3.40. The minimum Gasteiger partial charge on any atom is -0.481 e. The van der Waals surface area contributed by atoms with Crippen LogP contribution in [0.25, 0.3) is 10.9 Å². The van der Waals surface area contributed by atoms with Gasteiger partial charge in [0.25, 0.3) is 5.91 Å². The molecule has 6 nitrogen and oxygen atoms in total. The molecule has 2 fully saturated rings. The Labute approximate surface area is 158 Å². The summed E-state index contributed by atoms with van der Waals surface area (Å²) in [6.07, 6.45) is 2.62. The van der Waals surface area contributed by atoms with E-state index in [0.717, 1.165) is 35.0 Å². The van der Waals surface area contributed by atoms with Gasteiger partial charge in [-0.1, -0.05) is 11.6 Å². The van der Waals surface area contributed by atoms with Crippen molar-refractivity contribution < 1.29 is 19.4 Å². The molecule has 2 aromatic rings. The molecule has 1 aromatic heterocycles. The Kier molecular flexibility index (Phi) is 4.38. The van der Waals surface area contributed by atoms with E-state index in [1.54, 1.807) is 4.90 Å². The molecule has 6 heteroatoms. The number of rotatable bonds is 5. The number of aryl methyl sites for hydroxylation is 1. The number of amides is 1. The summed E-state index contributed by atoms with van der Waals surface area (Å²) in [7, 11) is 1.50. The van der Waals surface area contributed by atoms with Crippen molar-refractivity contribution in [3.05, 3.63) is 41.1 Å². The summed E-state index contributed by atoms with van der Waals surface area (Å²) in [5, 5.41) is 10.5. The Hall–Kier alpha value is -2.47. The lowest BCUT2D eigenvalue weighted by molar-refractivity contribution is -0.151. The van der Waals surface area contributed by atoms with Gasteiger partial charge < -0.3 is 14.7 Å². The quantitative estimate of drug-likeness (QED) is 0.878. The van der Waals surface area contributed by atoms with Gasteiger partial charge in [0.05, 0.1) is 17.7 Å². The van der Waals surface area contributed by atoms with Crippen molar-refractivity contribution in [2.75, 3.05) is 26.8 Å². The van der Waals surface area contributed by atoms with Gasteiger partial charge in [-0.25, -0.2) is 0 Å². The van der Waals surface area contributed by atoms with Gasteiger partial charge in [-0.05, 0) is 44.4 Å². The topological polar surface area (TPSA) is 79.7 Å². The summed E-state index contributed by atoms with van der Waals surface area (Å²) < 4.78 is 5.14. The van der Waals surface area contributed by atoms with Crippen LogP contribution in [0.5, 0.6) is 0 Å². The van der Waals surface area contributed by atoms with Crippen LogP contribution in [0.4, 0.5) is 0 Å². The van der Waals surface area contributed by atoms with Gasteiger partial charge in [-0.2, -0.15) is 0 Å². The monoisotopic (exact) mass is 368 g/mol. The molecule has 27 heavy (non-hydrogen) atoms. The van der Waals surface area contributed by atoms with Crippen molar-refractivity contribution in [1.82, 2.24) is 9.88 Å². The molecule has 2 aliphatic rings. The maximum atomic E-state index is 13.3. The summed E-state index contributed by atoms with van der Waals surface area (Å²) in [5.74, 6) is -0.588. The second-order valence-electron chi connectivity index (χ2n) is 7.88. The first-order valence-corrected chi connectivity index (χ1v) is 9.36. The molecule has 0 radical (unpaired) electrons. The van der Waals surface area contributed by atoms with Crippen LogP contribution >= 0.6 is 0 Å². The molecule has 2 heterocycles. The fraction of sp³-hybridized carbons (Fsp3) is 0.476. The Bertz CT molecular complexity index is 922. The van der Waals surface area contributed by atoms with E-state index in [2.05, 4.69) is 0 Å². The number of hydrogen-bond donors (Lipinski definition) is 1. The van der Waals surface area contributed by atoms with Gasteiger partial charge in [-0.15, -0.1) is 0 Å². The van der Waals surface area contributed by atoms with E-state index < -0.39 is 11.4 Å². The maximum Gasteiger partial charge on any atom is 0.313 e. The fourth-order valence-electron chi connectivity index (χ4n) is 3.97. The number of ether oxygens (including phenoxy) is 1. The van der Waals surface area contributed by atoms with Gasteiger partial charge in [0.15, 0.2) is 0 Å². The lowest BCUT2D eigenvalue weighted by atomic mass is 9.88. The number of fused-ring (bicyclic) bond motifs is 1. The van der Waals surface area contributed by atoms with Crippen LogP contribution in [0.15, 0.2) is 24.3 Å². The number of carboxylic acid groups (broad SMARTS) is 1. The minimum absolute atomic E-state index is 0.107. The fourth-order valence-corrected chi connectivity index (χ4v) is 3.97. The highest BCUT2D eigenvalue weighted by molar-refractivity contribution is 6.06. The predicted octanol–water partition coefficient (Wildman–Crippen LogP) is 2.98. The van der Waals surface area contributed by atoms with E-state index in [9.17, 15) is 14.7 Å². The van der Waals surface area contributed by atoms with Crippen molar-refractivity contribution in [1.29, 1.82) is 0 Å². The number of methoxy groups -OCH3 is 1. The van der Waals surface area contributed by atoms with E-state index >= 15 is 0 Å². The molecule has 0 bridgehead atoms. The molecule has 1 saturated heterocycles. The number of hydrogen-bond acceptors (Lipinski definition) is 4. The zero-order valence-electron chi connectivity index (χ0n) is 15.7. The SMILES string of the molecule is COCC1(C(=O)O)CCN(C(=O)c2cc(C3CC3)nc3ccc(C)cc23)C1. The third kappa shape index (κ3) is 3.18. The Balaban J connectivity index is 1.72. The second-order valence-corrected chi connectivity index (χ2v) is 7.88. The number of benzene rings is 1. The van der Waals surface area contributed by atoms with Gasteiger partial charge >= 0.3 is 5.97 Å². The summed E-state index contributed by atoms with van der Waals surface area (Å²) in [6.45, 7) is 2.69. The lowest BCUT2D eigenvalue weighted by Crippen LogP contribution is -2.40. The van der Waals surface area contributed by atoms with E-state index in [1.165, 1.54) is 7.11 Å². The average molecular weight is 368 g/mol. The Morgan fingerprint density at radius 2 is 2.11 bits per heavy atom. The first kappa shape index (κ1) is 17.9. The van der Waals surface area contributed by atoms with Crippen molar-refractivity contribution in [3.8, 4) is 0 Å².